The van der Waals surface area contributed by atoms with Gasteiger partial charge in [0.2, 0.25) is 0 Å². The minimum Gasteiger partial charge on any atom is -0.480 e. The van der Waals surface area contributed by atoms with E-state index in [1.807, 2.05) is 0 Å². The maximum atomic E-state index is 12.4. The van der Waals surface area contributed by atoms with Gasteiger partial charge in [-0.15, -0.1) is 0 Å². The van der Waals surface area contributed by atoms with Crippen LogP contribution < -0.4 is 0 Å². The molecule has 0 bridgehead atoms. The molecule has 1 saturated heterocycles. The van der Waals surface area contributed by atoms with Crippen molar-refractivity contribution in [2.45, 2.75) is 13.0 Å². The molecule has 5 nitrogen and oxygen atoms in total. The van der Waals surface area contributed by atoms with Crippen LogP contribution in [-0.2, 0) is 9.59 Å². The summed E-state index contributed by atoms with van der Waals surface area (Å²) < 4.78 is 5.93. The van der Waals surface area contributed by atoms with Crippen molar-refractivity contribution >= 4 is 69.5 Å². The van der Waals surface area contributed by atoms with Gasteiger partial charge in [0, 0.05) is 11.6 Å². The first kappa shape index (κ1) is 19.0. The summed E-state index contributed by atoms with van der Waals surface area (Å²) in [7, 11) is 0. The van der Waals surface area contributed by atoms with Crippen LogP contribution in [0.3, 0.4) is 0 Å². The van der Waals surface area contributed by atoms with Gasteiger partial charge >= 0.3 is 5.97 Å². The average molecular weight is 428 g/mol. The van der Waals surface area contributed by atoms with E-state index in [1.54, 1.807) is 30.3 Å². The number of carbonyl (C=O) groups excluding carboxylic acids is 1. The molecule has 1 amide bonds. The summed E-state index contributed by atoms with van der Waals surface area (Å²) in [6, 6.07) is 7.53. The van der Waals surface area contributed by atoms with E-state index < -0.39 is 17.9 Å². The third-order valence-corrected chi connectivity index (χ3v) is 5.74. The Labute approximate surface area is 168 Å². The fraction of sp³-hybridized carbons (Fsp3) is 0.118. The first-order valence-corrected chi connectivity index (χ1v) is 9.31. The zero-order valence-electron chi connectivity index (χ0n) is 13.2. The number of thiocarbonyl (C=S) groups is 1. The predicted octanol–water partition coefficient (Wildman–Crippen LogP) is 4.93. The van der Waals surface area contributed by atoms with Crippen molar-refractivity contribution in [3.8, 4) is 11.3 Å². The Morgan fingerprint density at radius 2 is 2.04 bits per heavy atom. The standard InChI is InChI=1S/C17H11Cl2NO4S2/c1-8(16(22)23)20-15(21)14(26-17(20)25)7-10-3-5-13(24-10)9-2-4-11(18)12(19)6-9/h2-8H,1H3,(H,22,23)/b14-7+/t8-/m1/s1. The number of rotatable bonds is 4. The number of furan rings is 1. The number of amides is 1. The molecule has 0 radical (unpaired) electrons. The smallest absolute Gasteiger partial charge is 0.326 e. The van der Waals surface area contributed by atoms with Gasteiger partial charge in [-0.1, -0.05) is 47.2 Å². The number of aliphatic carboxylic acids is 1. The van der Waals surface area contributed by atoms with Crippen LogP contribution in [0.4, 0.5) is 0 Å². The molecule has 0 unspecified atom stereocenters. The highest BCUT2D eigenvalue weighted by atomic mass is 35.5. The number of benzene rings is 1. The summed E-state index contributed by atoms with van der Waals surface area (Å²) in [5.74, 6) is -0.580. The second kappa shape index (κ2) is 7.44. The van der Waals surface area contributed by atoms with Crippen LogP contribution in [0, 0.1) is 0 Å². The van der Waals surface area contributed by atoms with Gasteiger partial charge in [-0.25, -0.2) is 4.79 Å². The molecule has 1 aromatic carbocycles. The van der Waals surface area contributed by atoms with Crippen molar-refractivity contribution in [2.75, 3.05) is 0 Å². The van der Waals surface area contributed by atoms with Crippen LogP contribution in [0.1, 0.15) is 12.7 Å². The van der Waals surface area contributed by atoms with Crippen LogP contribution in [0.5, 0.6) is 0 Å². The zero-order valence-corrected chi connectivity index (χ0v) is 16.4. The fourth-order valence-corrected chi connectivity index (χ4v) is 3.99. The highest BCUT2D eigenvalue weighted by molar-refractivity contribution is 8.26. The SMILES string of the molecule is C[C@H](C(=O)O)N1C(=O)/C(=C\c2ccc(-c3ccc(Cl)c(Cl)c3)o2)SC1=S. The van der Waals surface area contributed by atoms with Gasteiger partial charge in [-0.2, -0.15) is 0 Å². The fourth-order valence-electron chi connectivity index (χ4n) is 2.29. The van der Waals surface area contributed by atoms with E-state index in [9.17, 15) is 9.59 Å². The van der Waals surface area contributed by atoms with E-state index in [4.69, 9.17) is 44.9 Å². The second-order valence-corrected chi connectivity index (χ2v) is 7.89. The maximum absolute atomic E-state index is 12.4. The summed E-state index contributed by atoms with van der Waals surface area (Å²) >= 11 is 18.1. The van der Waals surface area contributed by atoms with Crippen molar-refractivity contribution in [1.29, 1.82) is 0 Å². The van der Waals surface area contributed by atoms with E-state index in [0.717, 1.165) is 22.2 Å². The van der Waals surface area contributed by atoms with Crippen molar-refractivity contribution in [2.24, 2.45) is 0 Å². The van der Waals surface area contributed by atoms with Crippen LogP contribution in [0.25, 0.3) is 17.4 Å². The molecule has 134 valence electrons. The number of nitrogens with zero attached hydrogens (tertiary/aromatic N) is 1. The third-order valence-electron chi connectivity index (χ3n) is 3.67. The topological polar surface area (TPSA) is 70.8 Å². The number of hydrogen-bond donors (Lipinski definition) is 1. The van der Waals surface area contributed by atoms with Crippen molar-refractivity contribution in [3.63, 3.8) is 0 Å². The Morgan fingerprint density at radius 1 is 1.31 bits per heavy atom. The summed E-state index contributed by atoms with van der Waals surface area (Å²) in [6.45, 7) is 1.41. The van der Waals surface area contributed by atoms with Crippen molar-refractivity contribution in [1.82, 2.24) is 4.90 Å². The molecule has 1 N–H and O–H groups in total. The zero-order chi connectivity index (χ0) is 19.0. The van der Waals surface area contributed by atoms with Gasteiger partial charge < -0.3 is 9.52 Å². The number of hydrogen-bond acceptors (Lipinski definition) is 5. The molecular weight excluding hydrogens is 417 g/mol. The van der Waals surface area contributed by atoms with Gasteiger partial charge in [0.1, 0.15) is 21.9 Å². The Hall–Kier alpha value is -1.80. The molecule has 3 rings (SSSR count). The van der Waals surface area contributed by atoms with E-state index >= 15 is 0 Å². The molecule has 0 saturated carbocycles. The van der Waals surface area contributed by atoms with Gasteiger partial charge in [-0.3, -0.25) is 9.69 Å². The number of halogens is 2. The Balaban J connectivity index is 1.86. The lowest BCUT2D eigenvalue weighted by molar-refractivity contribution is -0.144. The Kier molecular flexibility index (Phi) is 5.43. The molecule has 26 heavy (non-hydrogen) atoms. The second-order valence-electron chi connectivity index (χ2n) is 5.40. The highest BCUT2D eigenvalue weighted by Crippen LogP contribution is 2.35. The largest absolute Gasteiger partial charge is 0.480 e. The van der Waals surface area contributed by atoms with E-state index in [1.165, 1.54) is 13.0 Å². The first-order valence-electron chi connectivity index (χ1n) is 7.33. The number of carboxylic acids is 1. The third kappa shape index (κ3) is 3.66. The van der Waals surface area contributed by atoms with Gasteiger partial charge in [0.15, 0.2) is 0 Å². The van der Waals surface area contributed by atoms with Gasteiger partial charge in [-0.05, 0) is 37.3 Å². The lowest BCUT2D eigenvalue weighted by Crippen LogP contribution is -2.41. The summed E-state index contributed by atoms with van der Waals surface area (Å²) in [5, 5.41) is 9.96. The van der Waals surface area contributed by atoms with Gasteiger partial charge in [0.25, 0.3) is 5.91 Å². The van der Waals surface area contributed by atoms with E-state index in [2.05, 4.69) is 0 Å². The minimum absolute atomic E-state index is 0.201. The molecule has 2 heterocycles. The van der Waals surface area contributed by atoms with Crippen LogP contribution in [-0.4, -0.2) is 32.2 Å². The Morgan fingerprint density at radius 3 is 2.69 bits per heavy atom. The predicted molar refractivity (Wildman–Crippen MR) is 106 cm³/mol. The lowest BCUT2D eigenvalue weighted by Gasteiger charge is -2.18. The average Bonchev–Trinajstić information content (AvgIpc) is 3.15. The summed E-state index contributed by atoms with van der Waals surface area (Å²) in [6.07, 6.45) is 1.54. The molecule has 2 aromatic rings. The maximum Gasteiger partial charge on any atom is 0.326 e. The molecule has 1 atom stereocenters. The first-order chi connectivity index (χ1) is 12.3. The lowest BCUT2D eigenvalue weighted by atomic mass is 10.2. The summed E-state index contributed by atoms with van der Waals surface area (Å²) in [5.41, 5.74) is 0.742. The highest BCUT2D eigenvalue weighted by Gasteiger charge is 2.38. The van der Waals surface area contributed by atoms with E-state index in [-0.39, 0.29) is 4.32 Å². The van der Waals surface area contributed by atoms with Crippen LogP contribution >= 0.6 is 47.2 Å². The van der Waals surface area contributed by atoms with Gasteiger partial charge in [0.05, 0.1) is 15.0 Å². The number of carboxylic acid groups (broad SMARTS) is 1. The van der Waals surface area contributed by atoms with Crippen molar-refractivity contribution in [3.05, 3.63) is 51.0 Å². The van der Waals surface area contributed by atoms with E-state index in [0.29, 0.717) is 26.5 Å². The monoisotopic (exact) mass is 427 g/mol. The number of carbonyl (C=O) groups is 2. The van der Waals surface area contributed by atoms with Crippen LogP contribution in [0.15, 0.2) is 39.7 Å². The molecule has 1 aliphatic heterocycles. The molecule has 1 aliphatic rings. The quantitative estimate of drug-likeness (QED) is 0.550. The molecule has 9 heteroatoms. The molecule has 0 aliphatic carbocycles. The minimum atomic E-state index is -1.12. The van der Waals surface area contributed by atoms with Crippen LogP contribution in [0.2, 0.25) is 10.0 Å². The van der Waals surface area contributed by atoms with Crippen molar-refractivity contribution < 1.29 is 19.1 Å². The molecular formula is C17H11Cl2NO4S2. The number of thioether (sulfide) groups is 1. The Bertz CT molecular complexity index is 954. The molecule has 0 spiro atoms. The normalized spacial score (nSPS) is 17.2. The molecule has 1 aromatic heterocycles. The summed E-state index contributed by atoms with van der Waals surface area (Å²) in [4.78, 5) is 25.0. The molecule has 1 fully saturated rings.